The molecule has 0 bridgehead atoms. The van der Waals surface area contributed by atoms with Gasteiger partial charge in [0, 0.05) is 17.7 Å². The first kappa shape index (κ1) is 24.0. The predicted octanol–water partition coefficient (Wildman–Crippen LogP) is -1.46. The highest BCUT2D eigenvalue weighted by Crippen LogP contribution is 2.45. The number of hydrogen-bond acceptors (Lipinski definition) is 11. The van der Waals surface area contributed by atoms with Crippen molar-refractivity contribution in [3.8, 4) is 5.75 Å². The average molecular weight is 456 g/mol. The minimum atomic E-state index is -3.24. The third-order valence-electron chi connectivity index (χ3n) is 5.51. The Labute approximate surface area is 181 Å². The number of nitrogens with two attached hydrogens (primary N) is 1. The van der Waals surface area contributed by atoms with Gasteiger partial charge in [0.15, 0.2) is 0 Å². The number of rotatable bonds is 7. The van der Waals surface area contributed by atoms with Crippen LogP contribution in [0.1, 0.15) is 24.0 Å². The van der Waals surface area contributed by atoms with E-state index in [1.165, 1.54) is 31.2 Å². The summed E-state index contributed by atoms with van der Waals surface area (Å²) in [6.07, 6.45) is -2.80. The Morgan fingerprint density at radius 3 is 2.53 bits per heavy atom. The molecular weight excluding hydrogens is 431 g/mol. The van der Waals surface area contributed by atoms with Crippen molar-refractivity contribution in [3.63, 3.8) is 0 Å². The highest BCUT2D eigenvalue weighted by atomic mass is 19.1. The fraction of sp³-hybridized carbons (Fsp3) is 0.474. The first-order valence-corrected chi connectivity index (χ1v) is 9.61. The lowest BCUT2D eigenvalue weighted by atomic mass is 9.99. The van der Waals surface area contributed by atoms with Crippen LogP contribution in [0.4, 0.5) is 10.2 Å². The van der Waals surface area contributed by atoms with Crippen LogP contribution < -0.4 is 11.4 Å². The number of phenolic OH excluding ortho intramolecular Hbond substituents is 1. The van der Waals surface area contributed by atoms with E-state index in [1.807, 2.05) is 0 Å². The van der Waals surface area contributed by atoms with Crippen LogP contribution >= 0.6 is 0 Å². The molecule has 1 aromatic heterocycles. The van der Waals surface area contributed by atoms with E-state index in [0.29, 0.717) is 5.56 Å². The molecule has 32 heavy (non-hydrogen) atoms. The summed E-state index contributed by atoms with van der Waals surface area (Å²) in [5.74, 6) is -4.69. The molecule has 0 saturated carbocycles. The Kier molecular flexibility index (Phi) is 6.53. The van der Waals surface area contributed by atoms with E-state index in [-0.39, 0.29) is 20.9 Å². The van der Waals surface area contributed by atoms with Crippen LogP contribution in [0.25, 0.3) is 0 Å². The van der Waals surface area contributed by atoms with E-state index in [0.717, 1.165) is 6.20 Å². The normalized spacial score (nSPS) is 28.9. The molecule has 3 rings (SSSR count). The van der Waals surface area contributed by atoms with Gasteiger partial charge in [0.25, 0.3) is 0 Å². The molecule has 1 aliphatic heterocycles. The zero-order valence-corrected chi connectivity index (χ0v) is 17.0. The van der Waals surface area contributed by atoms with Crippen LogP contribution in [0.2, 0.25) is 0 Å². The van der Waals surface area contributed by atoms with Gasteiger partial charge in [0.1, 0.15) is 23.8 Å². The van der Waals surface area contributed by atoms with Crippen molar-refractivity contribution < 1.29 is 39.9 Å². The van der Waals surface area contributed by atoms with Crippen molar-refractivity contribution in [2.75, 3.05) is 19.0 Å². The lowest BCUT2D eigenvalue weighted by molar-refractivity contribution is -0.413. The molecule has 0 spiro atoms. The Morgan fingerprint density at radius 2 is 1.97 bits per heavy atom. The maximum absolute atomic E-state index is 13.2. The van der Waals surface area contributed by atoms with E-state index >= 15 is 0 Å². The number of aliphatic hydroxyl groups excluding tert-OH is 2. The topological polar surface area (TPSA) is 195 Å². The minimum Gasteiger partial charge on any atom is -0.508 e. The van der Waals surface area contributed by atoms with Crippen molar-refractivity contribution in [1.29, 1.82) is 0 Å². The predicted molar refractivity (Wildman–Crippen MR) is 106 cm³/mol. The second-order valence-electron chi connectivity index (χ2n) is 7.61. The maximum atomic E-state index is 13.2. The average Bonchev–Trinajstić information content (AvgIpc) is 2.96. The van der Waals surface area contributed by atoms with Crippen LogP contribution in [0.3, 0.4) is 0 Å². The summed E-state index contributed by atoms with van der Waals surface area (Å²) < 4.78 is 18.8. The Balaban J connectivity index is 2.16. The van der Waals surface area contributed by atoms with Gasteiger partial charge < -0.3 is 41.2 Å². The lowest BCUT2D eigenvalue weighted by Crippen LogP contribution is -2.68. The summed E-state index contributed by atoms with van der Waals surface area (Å²) in [7, 11) is 0. The van der Waals surface area contributed by atoms with Gasteiger partial charge >= 0.3 is 11.6 Å². The van der Waals surface area contributed by atoms with Gasteiger partial charge in [-0.25, -0.2) is 14.3 Å². The third kappa shape index (κ3) is 3.63. The van der Waals surface area contributed by atoms with Crippen molar-refractivity contribution in [2.24, 2.45) is 0 Å². The molecule has 5 atom stereocenters. The van der Waals surface area contributed by atoms with E-state index < -0.39 is 61.1 Å². The number of ether oxygens (including phenoxy) is 1. The molecular formula is C19H25FN4O8. The van der Waals surface area contributed by atoms with E-state index in [9.17, 15) is 39.9 Å². The number of halogens is 1. The standard InChI is InChI=1S/C19H25FN4O8/c1-10(6-20)13-7-22-17(28)24(16(13)21)19(30)18(29,15(27)14(9-25)32-19)23(31)8-11-2-4-12(26)5-3-11/h2-5,7,10,14-15,25-27,29-31H,6,8-9,21H2,1H3/t10?,14-,15-,18-,19+/m1/s1. The molecule has 8 N–H and O–H groups in total. The lowest BCUT2D eigenvalue weighted by Gasteiger charge is -2.42. The molecule has 0 radical (unpaired) electrons. The molecule has 1 fully saturated rings. The summed E-state index contributed by atoms with van der Waals surface area (Å²) in [6.45, 7) is -0.896. The number of hydrogen-bond donors (Lipinski definition) is 7. The van der Waals surface area contributed by atoms with Crippen molar-refractivity contribution >= 4 is 5.82 Å². The van der Waals surface area contributed by atoms with Crippen LogP contribution in [-0.2, 0) is 17.2 Å². The molecule has 0 aliphatic carbocycles. The van der Waals surface area contributed by atoms with Crippen LogP contribution in [0.15, 0.2) is 35.3 Å². The molecule has 0 amide bonds. The summed E-state index contributed by atoms with van der Waals surface area (Å²) >= 11 is 0. The number of nitrogen functional groups attached to an aromatic ring is 1. The van der Waals surface area contributed by atoms with Gasteiger partial charge in [-0.15, -0.1) is 5.06 Å². The minimum absolute atomic E-state index is 0.00330. The van der Waals surface area contributed by atoms with Crippen molar-refractivity contribution in [1.82, 2.24) is 14.6 Å². The number of aliphatic hydroxyl groups is 4. The maximum Gasteiger partial charge on any atom is 0.353 e. The number of aromatic hydroxyl groups is 1. The number of alkyl halides is 1. The van der Waals surface area contributed by atoms with E-state index in [1.54, 1.807) is 0 Å². The number of phenols is 1. The number of nitrogens with zero attached hydrogens (tertiary/aromatic N) is 3. The Bertz CT molecular complexity index is 1020. The monoisotopic (exact) mass is 456 g/mol. The summed E-state index contributed by atoms with van der Waals surface area (Å²) in [5, 5.41) is 63.1. The smallest absolute Gasteiger partial charge is 0.353 e. The van der Waals surface area contributed by atoms with E-state index in [4.69, 9.17) is 10.5 Å². The van der Waals surface area contributed by atoms with Gasteiger partial charge in [-0.05, 0) is 17.7 Å². The molecule has 1 aromatic carbocycles. The van der Waals surface area contributed by atoms with Gasteiger partial charge in [0.2, 0.25) is 5.72 Å². The van der Waals surface area contributed by atoms with Crippen LogP contribution in [0.5, 0.6) is 5.75 Å². The van der Waals surface area contributed by atoms with Crippen molar-refractivity contribution in [3.05, 3.63) is 52.1 Å². The zero-order chi connectivity index (χ0) is 23.8. The molecule has 1 saturated heterocycles. The fourth-order valence-corrected chi connectivity index (χ4v) is 3.62. The van der Waals surface area contributed by atoms with Crippen LogP contribution in [0, 0.1) is 0 Å². The third-order valence-corrected chi connectivity index (χ3v) is 5.51. The molecule has 176 valence electrons. The number of benzene rings is 1. The Morgan fingerprint density at radius 1 is 1.34 bits per heavy atom. The highest BCUT2D eigenvalue weighted by molar-refractivity contribution is 5.42. The first-order chi connectivity index (χ1) is 15.0. The number of aromatic nitrogens is 2. The summed E-state index contributed by atoms with van der Waals surface area (Å²) in [4.78, 5) is 16.1. The molecule has 1 aliphatic rings. The molecule has 12 nitrogen and oxygen atoms in total. The number of hydroxylamine groups is 2. The van der Waals surface area contributed by atoms with Gasteiger partial charge in [0.05, 0.1) is 19.8 Å². The van der Waals surface area contributed by atoms with Gasteiger partial charge in [-0.3, -0.25) is 4.39 Å². The SMILES string of the molecule is CC(CF)c1cnc(=O)n([C@@]2(O)O[C@H](CO)[C@@H](O)[C@]2(O)N(O)Cc2ccc(O)cc2)c1N. The summed E-state index contributed by atoms with van der Waals surface area (Å²) in [6, 6.07) is 5.37. The van der Waals surface area contributed by atoms with Crippen LogP contribution in [-0.4, -0.2) is 76.6 Å². The van der Waals surface area contributed by atoms with Gasteiger partial charge in [-0.2, -0.15) is 0 Å². The first-order valence-electron chi connectivity index (χ1n) is 9.61. The second kappa shape index (κ2) is 8.71. The molecule has 13 heteroatoms. The molecule has 2 aromatic rings. The Hall–Kier alpha value is -2.65. The highest BCUT2D eigenvalue weighted by Gasteiger charge is 2.70. The number of anilines is 1. The fourth-order valence-electron chi connectivity index (χ4n) is 3.62. The largest absolute Gasteiger partial charge is 0.508 e. The summed E-state index contributed by atoms with van der Waals surface area (Å²) in [5.41, 5.74) is 1.92. The molecule has 1 unspecified atom stereocenters. The van der Waals surface area contributed by atoms with E-state index in [2.05, 4.69) is 4.98 Å². The molecule has 2 heterocycles. The van der Waals surface area contributed by atoms with Crippen molar-refractivity contribution in [2.45, 2.75) is 43.2 Å². The second-order valence-corrected chi connectivity index (χ2v) is 7.61. The zero-order valence-electron chi connectivity index (χ0n) is 17.0. The van der Waals surface area contributed by atoms with Gasteiger partial charge in [-0.1, -0.05) is 19.1 Å². The quantitative estimate of drug-likeness (QED) is 0.190.